The summed E-state index contributed by atoms with van der Waals surface area (Å²) >= 11 is 0. The molecule has 5 nitrogen and oxygen atoms in total. The Morgan fingerprint density at radius 3 is 1.65 bits per heavy atom. The molecule has 0 fully saturated rings. The standard InChI is InChI=1S/C11H20F4O5/c1-2-8(17)4-19-6-10(12,13)11(14,15)7-20-5-9(18)3-16/h8-9,16-18H,2-7H2,1H3. The lowest BCUT2D eigenvalue weighted by Gasteiger charge is -2.26. The topological polar surface area (TPSA) is 79.2 Å². The second-order valence-electron chi connectivity index (χ2n) is 4.34. The van der Waals surface area contributed by atoms with Crippen LogP contribution in [0.25, 0.3) is 0 Å². The van der Waals surface area contributed by atoms with Crippen LogP contribution in [-0.4, -0.2) is 72.4 Å². The molecule has 122 valence electrons. The Morgan fingerprint density at radius 1 is 0.900 bits per heavy atom. The van der Waals surface area contributed by atoms with E-state index >= 15 is 0 Å². The van der Waals surface area contributed by atoms with Crippen LogP contribution >= 0.6 is 0 Å². The zero-order chi connectivity index (χ0) is 15.8. The third-order valence-corrected chi connectivity index (χ3v) is 2.40. The summed E-state index contributed by atoms with van der Waals surface area (Å²) in [5.41, 5.74) is 0. The molecular formula is C11H20F4O5. The molecule has 3 N–H and O–H groups in total. The molecule has 0 radical (unpaired) electrons. The van der Waals surface area contributed by atoms with Crippen LogP contribution < -0.4 is 0 Å². The van der Waals surface area contributed by atoms with Crippen molar-refractivity contribution in [1.82, 2.24) is 0 Å². The number of hydrogen-bond donors (Lipinski definition) is 3. The average Bonchev–Trinajstić information content (AvgIpc) is 2.37. The van der Waals surface area contributed by atoms with Crippen molar-refractivity contribution in [2.24, 2.45) is 0 Å². The van der Waals surface area contributed by atoms with E-state index in [1.54, 1.807) is 6.92 Å². The molecule has 0 aliphatic rings. The Balaban J connectivity index is 4.19. The van der Waals surface area contributed by atoms with Gasteiger partial charge in [0.2, 0.25) is 0 Å². The van der Waals surface area contributed by atoms with E-state index in [1.165, 1.54) is 0 Å². The molecule has 0 saturated heterocycles. The van der Waals surface area contributed by atoms with E-state index in [0.717, 1.165) is 0 Å². The molecule has 0 aromatic rings. The zero-order valence-corrected chi connectivity index (χ0v) is 11.1. The minimum atomic E-state index is -4.49. The lowest BCUT2D eigenvalue weighted by molar-refractivity contribution is -0.254. The summed E-state index contributed by atoms with van der Waals surface area (Å²) in [4.78, 5) is 0. The van der Waals surface area contributed by atoms with Gasteiger partial charge in [-0.2, -0.15) is 17.6 Å². The van der Waals surface area contributed by atoms with E-state index in [9.17, 15) is 17.6 Å². The van der Waals surface area contributed by atoms with Crippen molar-refractivity contribution in [2.75, 3.05) is 33.0 Å². The minimum absolute atomic E-state index is 0.254. The highest BCUT2D eigenvalue weighted by molar-refractivity contribution is 4.84. The van der Waals surface area contributed by atoms with E-state index in [1.807, 2.05) is 0 Å². The second-order valence-corrected chi connectivity index (χ2v) is 4.34. The highest BCUT2D eigenvalue weighted by Gasteiger charge is 2.56. The molecule has 0 aliphatic heterocycles. The van der Waals surface area contributed by atoms with Gasteiger partial charge in [0, 0.05) is 0 Å². The van der Waals surface area contributed by atoms with E-state index in [-0.39, 0.29) is 6.42 Å². The van der Waals surface area contributed by atoms with Crippen LogP contribution in [0.5, 0.6) is 0 Å². The van der Waals surface area contributed by atoms with E-state index in [2.05, 4.69) is 9.47 Å². The number of ether oxygens (including phenoxy) is 2. The number of alkyl halides is 4. The molecule has 0 aromatic heterocycles. The SMILES string of the molecule is CCC(O)COCC(F)(F)C(F)(F)COCC(O)CO. The molecule has 2 atom stereocenters. The summed E-state index contributed by atoms with van der Waals surface area (Å²) < 4.78 is 61.4. The average molecular weight is 308 g/mol. The molecule has 20 heavy (non-hydrogen) atoms. The predicted octanol–water partition coefficient (Wildman–Crippen LogP) is 0.414. The number of aliphatic hydroxyl groups excluding tert-OH is 3. The summed E-state index contributed by atoms with van der Waals surface area (Å²) in [5, 5.41) is 26.3. The second kappa shape index (κ2) is 8.73. The maximum absolute atomic E-state index is 13.2. The summed E-state index contributed by atoms with van der Waals surface area (Å²) in [6.45, 7) is -3.45. The molecule has 0 aliphatic carbocycles. The largest absolute Gasteiger partial charge is 0.394 e. The first-order chi connectivity index (χ1) is 9.16. The van der Waals surface area contributed by atoms with Gasteiger partial charge in [-0.25, -0.2) is 0 Å². The number of halogens is 4. The fourth-order valence-electron chi connectivity index (χ4n) is 1.03. The van der Waals surface area contributed by atoms with Gasteiger partial charge in [0.05, 0.1) is 25.9 Å². The molecule has 0 bridgehead atoms. The molecule has 0 aromatic carbocycles. The Labute approximate surface area is 114 Å². The third-order valence-electron chi connectivity index (χ3n) is 2.40. The van der Waals surface area contributed by atoms with E-state index in [0.29, 0.717) is 0 Å². The van der Waals surface area contributed by atoms with E-state index < -0.39 is 57.1 Å². The van der Waals surface area contributed by atoms with Crippen LogP contribution in [0, 0.1) is 0 Å². The van der Waals surface area contributed by atoms with Gasteiger partial charge in [-0.1, -0.05) is 6.92 Å². The van der Waals surface area contributed by atoms with Crippen molar-refractivity contribution in [3.63, 3.8) is 0 Å². The van der Waals surface area contributed by atoms with Crippen molar-refractivity contribution >= 4 is 0 Å². The van der Waals surface area contributed by atoms with Crippen LogP contribution in [0.2, 0.25) is 0 Å². The quantitative estimate of drug-likeness (QED) is 0.482. The van der Waals surface area contributed by atoms with Crippen LogP contribution in [-0.2, 0) is 9.47 Å². The van der Waals surface area contributed by atoms with Gasteiger partial charge in [0.1, 0.15) is 19.3 Å². The smallest absolute Gasteiger partial charge is 0.335 e. The maximum atomic E-state index is 13.2. The lowest BCUT2D eigenvalue weighted by Crippen LogP contribution is -2.48. The maximum Gasteiger partial charge on any atom is 0.335 e. The van der Waals surface area contributed by atoms with Crippen molar-refractivity contribution in [1.29, 1.82) is 0 Å². The van der Waals surface area contributed by atoms with E-state index in [4.69, 9.17) is 15.3 Å². The first kappa shape index (κ1) is 19.5. The highest BCUT2D eigenvalue weighted by atomic mass is 19.3. The molecule has 0 spiro atoms. The van der Waals surface area contributed by atoms with Crippen molar-refractivity contribution < 1.29 is 42.4 Å². The Kier molecular flexibility index (Phi) is 8.52. The Hall–Kier alpha value is -0.480. The lowest BCUT2D eigenvalue weighted by atomic mass is 10.2. The summed E-state index contributed by atoms with van der Waals surface area (Å²) in [6, 6.07) is 0. The van der Waals surface area contributed by atoms with Gasteiger partial charge >= 0.3 is 11.8 Å². The fourth-order valence-corrected chi connectivity index (χ4v) is 1.03. The normalized spacial score (nSPS) is 16.2. The van der Waals surface area contributed by atoms with Gasteiger partial charge in [-0.15, -0.1) is 0 Å². The highest BCUT2D eigenvalue weighted by Crippen LogP contribution is 2.34. The van der Waals surface area contributed by atoms with Gasteiger partial charge < -0.3 is 24.8 Å². The zero-order valence-electron chi connectivity index (χ0n) is 11.1. The number of hydrogen-bond acceptors (Lipinski definition) is 5. The monoisotopic (exact) mass is 308 g/mol. The van der Waals surface area contributed by atoms with Crippen LogP contribution in [0.3, 0.4) is 0 Å². The first-order valence-corrected chi connectivity index (χ1v) is 6.04. The summed E-state index contributed by atoms with van der Waals surface area (Å²) in [7, 11) is 0. The molecule has 0 amide bonds. The number of rotatable bonds is 11. The summed E-state index contributed by atoms with van der Waals surface area (Å²) in [6.07, 6.45) is -2.14. The van der Waals surface area contributed by atoms with Crippen molar-refractivity contribution in [2.45, 2.75) is 37.4 Å². The van der Waals surface area contributed by atoms with Gasteiger partial charge in [-0.3, -0.25) is 0 Å². The van der Waals surface area contributed by atoms with Crippen LogP contribution in [0.1, 0.15) is 13.3 Å². The number of aliphatic hydroxyl groups is 3. The van der Waals surface area contributed by atoms with Crippen molar-refractivity contribution in [3.05, 3.63) is 0 Å². The van der Waals surface area contributed by atoms with Gasteiger partial charge in [-0.05, 0) is 6.42 Å². The Bertz CT molecular complexity index is 239. The molecular weight excluding hydrogens is 288 g/mol. The first-order valence-electron chi connectivity index (χ1n) is 6.04. The van der Waals surface area contributed by atoms with Gasteiger partial charge in [0.15, 0.2) is 0 Å². The predicted molar refractivity (Wildman–Crippen MR) is 60.9 cm³/mol. The van der Waals surface area contributed by atoms with Crippen LogP contribution in [0.4, 0.5) is 17.6 Å². The molecule has 9 heteroatoms. The van der Waals surface area contributed by atoms with Crippen LogP contribution in [0.15, 0.2) is 0 Å². The molecule has 2 unspecified atom stereocenters. The third kappa shape index (κ3) is 6.80. The summed E-state index contributed by atoms with van der Waals surface area (Å²) in [5.74, 6) is -8.95. The molecule has 0 saturated carbocycles. The molecule has 0 heterocycles. The fraction of sp³-hybridized carbons (Fsp3) is 1.00. The van der Waals surface area contributed by atoms with Gasteiger partial charge in [0.25, 0.3) is 0 Å². The molecule has 0 rings (SSSR count). The van der Waals surface area contributed by atoms with Crippen molar-refractivity contribution in [3.8, 4) is 0 Å². The minimum Gasteiger partial charge on any atom is -0.394 e. The Morgan fingerprint density at radius 2 is 1.30 bits per heavy atom.